The molecule has 0 spiro atoms. The Morgan fingerprint density at radius 1 is 1.26 bits per heavy atom. The van der Waals surface area contributed by atoms with Crippen molar-refractivity contribution in [1.82, 2.24) is 4.98 Å². The van der Waals surface area contributed by atoms with Crippen LogP contribution < -0.4 is 9.47 Å². The number of benzene rings is 1. The van der Waals surface area contributed by atoms with Crippen molar-refractivity contribution in [2.75, 3.05) is 19.2 Å². The highest BCUT2D eigenvalue weighted by Gasteiger charge is 2.36. The number of aromatic nitrogens is 1. The molecule has 0 unspecified atom stereocenters. The summed E-state index contributed by atoms with van der Waals surface area (Å²) < 4.78 is 56.0. The average Bonchev–Trinajstić information content (AvgIpc) is 3.18. The largest absolute Gasteiger partial charge is 0.466 e. The van der Waals surface area contributed by atoms with Gasteiger partial charge in [-0.3, -0.25) is 9.59 Å². The van der Waals surface area contributed by atoms with Crippen molar-refractivity contribution >= 4 is 23.5 Å². The number of carbonyl (C=O) groups excluding carboxylic acids is 2. The maximum Gasteiger partial charge on any atom is 0.417 e. The molecule has 1 aromatic heterocycles. The zero-order valence-electron chi connectivity index (χ0n) is 16.1. The molecular weight excluding hydrogens is 437 g/mol. The molecule has 1 aromatic carbocycles. The van der Waals surface area contributed by atoms with E-state index < -0.39 is 35.5 Å². The molecule has 0 amide bonds. The van der Waals surface area contributed by atoms with Crippen LogP contribution in [0.25, 0.3) is 11.3 Å². The molecule has 0 saturated heterocycles. The molecule has 0 aliphatic carbocycles. The van der Waals surface area contributed by atoms with Gasteiger partial charge in [0.15, 0.2) is 17.3 Å². The van der Waals surface area contributed by atoms with E-state index >= 15 is 0 Å². The Morgan fingerprint density at radius 2 is 2.00 bits per heavy atom. The zero-order chi connectivity index (χ0) is 22.6. The number of ketones is 1. The number of Topliss-reactive ketones (excluding diaryl/α,β-unsaturated/α-hetero) is 1. The van der Waals surface area contributed by atoms with Crippen molar-refractivity contribution in [2.24, 2.45) is 0 Å². The summed E-state index contributed by atoms with van der Waals surface area (Å²) in [5, 5.41) is 9.07. The van der Waals surface area contributed by atoms with Crippen LogP contribution in [0.2, 0.25) is 0 Å². The molecule has 1 aliphatic heterocycles. The van der Waals surface area contributed by atoms with E-state index in [2.05, 4.69) is 9.72 Å². The average molecular weight is 452 g/mol. The van der Waals surface area contributed by atoms with Gasteiger partial charge >= 0.3 is 12.1 Å². The van der Waals surface area contributed by atoms with Gasteiger partial charge in [0.05, 0.1) is 29.2 Å². The van der Waals surface area contributed by atoms with E-state index in [-0.39, 0.29) is 29.9 Å². The van der Waals surface area contributed by atoms with Crippen LogP contribution in [0.15, 0.2) is 29.3 Å². The van der Waals surface area contributed by atoms with Gasteiger partial charge in [0, 0.05) is 5.56 Å². The molecule has 2 heterocycles. The van der Waals surface area contributed by atoms with Gasteiger partial charge in [-0.15, -0.1) is 0 Å². The van der Waals surface area contributed by atoms with Crippen molar-refractivity contribution in [2.45, 2.75) is 24.5 Å². The van der Waals surface area contributed by atoms with Gasteiger partial charge in [0.25, 0.3) is 0 Å². The van der Waals surface area contributed by atoms with Gasteiger partial charge in [0.1, 0.15) is 17.5 Å². The number of nitrogens with zero attached hydrogens (tertiary/aromatic N) is 2. The minimum absolute atomic E-state index is 0.00291. The van der Waals surface area contributed by atoms with Crippen LogP contribution in [0, 0.1) is 11.3 Å². The SMILES string of the molecule is CCOC(=O)CC(=O)CSc1nc(-c2ccc3c(c2)OCO3)cc(C(F)(F)F)c1C#N. The lowest BCUT2D eigenvalue weighted by molar-refractivity contribution is -0.145. The summed E-state index contributed by atoms with van der Waals surface area (Å²) in [7, 11) is 0. The highest BCUT2D eigenvalue weighted by atomic mass is 32.2. The first-order valence-electron chi connectivity index (χ1n) is 8.95. The summed E-state index contributed by atoms with van der Waals surface area (Å²) in [6.07, 6.45) is -5.33. The summed E-state index contributed by atoms with van der Waals surface area (Å²) in [6, 6.07) is 6.85. The maximum absolute atomic E-state index is 13.6. The lowest BCUT2D eigenvalue weighted by atomic mass is 10.0. The molecule has 0 bridgehead atoms. The fraction of sp³-hybridized carbons (Fsp3) is 0.300. The van der Waals surface area contributed by atoms with E-state index in [1.165, 1.54) is 18.2 Å². The standard InChI is InChI=1S/C20H15F3N2O5S/c1-2-28-18(27)6-12(26)9-31-19-13(8-24)14(20(21,22)23)7-15(25-19)11-3-4-16-17(5-11)30-10-29-16/h3-5,7H,2,6,9-10H2,1H3. The van der Waals surface area contributed by atoms with Crippen molar-refractivity contribution < 1.29 is 37.0 Å². The monoisotopic (exact) mass is 452 g/mol. The number of carbonyl (C=O) groups is 2. The quantitative estimate of drug-likeness (QED) is 0.353. The Hall–Kier alpha value is -3.26. The Balaban J connectivity index is 1.96. The third-order valence-electron chi connectivity index (χ3n) is 4.09. The molecule has 7 nitrogen and oxygen atoms in total. The van der Waals surface area contributed by atoms with Crippen LogP contribution in [0.3, 0.4) is 0 Å². The number of thioether (sulfide) groups is 1. The number of hydrogen-bond donors (Lipinski definition) is 0. The maximum atomic E-state index is 13.6. The molecule has 0 N–H and O–H groups in total. The summed E-state index contributed by atoms with van der Waals surface area (Å²) in [6.45, 7) is 1.68. The number of esters is 1. The van der Waals surface area contributed by atoms with Crippen molar-refractivity contribution in [3.05, 3.63) is 35.4 Å². The van der Waals surface area contributed by atoms with Gasteiger partial charge in [-0.05, 0) is 31.2 Å². The molecule has 0 atom stereocenters. The van der Waals surface area contributed by atoms with Gasteiger partial charge < -0.3 is 14.2 Å². The van der Waals surface area contributed by atoms with Crippen LogP contribution in [0.4, 0.5) is 13.2 Å². The van der Waals surface area contributed by atoms with Gasteiger partial charge in [-0.25, -0.2) is 4.98 Å². The topological polar surface area (TPSA) is 98.5 Å². The summed E-state index contributed by atoms with van der Waals surface area (Å²) in [4.78, 5) is 27.6. The minimum Gasteiger partial charge on any atom is -0.466 e. The summed E-state index contributed by atoms with van der Waals surface area (Å²) in [5.41, 5.74) is -1.59. The molecule has 0 fully saturated rings. The Labute approximate surface area is 179 Å². The first-order valence-corrected chi connectivity index (χ1v) is 9.94. The van der Waals surface area contributed by atoms with Crippen LogP contribution in [-0.2, 0) is 20.5 Å². The lowest BCUT2D eigenvalue weighted by Gasteiger charge is -2.14. The molecule has 0 radical (unpaired) electrons. The zero-order valence-corrected chi connectivity index (χ0v) is 16.9. The Kier molecular flexibility index (Phi) is 6.70. The number of alkyl halides is 3. The molecule has 11 heteroatoms. The number of halogens is 3. The normalized spacial score (nSPS) is 12.4. The van der Waals surface area contributed by atoms with Gasteiger partial charge in [-0.1, -0.05) is 11.8 Å². The highest BCUT2D eigenvalue weighted by Crippen LogP contribution is 2.40. The third-order valence-corrected chi connectivity index (χ3v) is 5.12. The van der Waals surface area contributed by atoms with Crippen LogP contribution in [-0.4, -0.2) is 35.9 Å². The highest BCUT2D eigenvalue weighted by molar-refractivity contribution is 8.00. The third kappa shape index (κ3) is 5.27. The first-order chi connectivity index (χ1) is 14.7. The van der Waals surface area contributed by atoms with E-state index in [0.717, 1.165) is 6.07 Å². The number of nitriles is 1. The Morgan fingerprint density at radius 3 is 2.68 bits per heavy atom. The molecule has 3 rings (SSSR count). The van der Waals surface area contributed by atoms with E-state index in [0.29, 0.717) is 28.8 Å². The second-order valence-corrected chi connectivity index (χ2v) is 7.19. The predicted octanol–water partition coefficient (Wildman–Crippen LogP) is 3.98. The van der Waals surface area contributed by atoms with Crippen LogP contribution >= 0.6 is 11.8 Å². The number of ether oxygens (including phenoxy) is 3. The molecular formula is C20H15F3N2O5S. The van der Waals surface area contributed by atoms with E-state index in [4.69, 9.17) is 9.47 Å². The minimum atomic E-state index is -4.82. The van der Waals surface area contributed by atoms with Gasteiger partial charge in [-0.2, -0.15) is 18.4 Å². The van der Waals surface area contributed by atoms with E-state index in [9.17, 15) is 28.0 Å². The second kappa shape index (κ2) is 9.26. The number of rotatable bonds is 7. The number of pyridine rings is 1. The summed E-state index contributed by atoms with van der Waals surface area (Å²) >= 11 is 0.657. The lowest BCUT2D eigenvalue weighted by Crippen LogP contribution is -2.14. The fourth-order valence-corrected chi connectivity index (χ4v) is 3.60. The molecule has 162 valence electrons. The van der Waals surface area contributed by atoms with Crippen molar-refractivity contribution in [3.8, 4) is 28.8 Å². The fourth-order valence-electron chi connectivity index (χ4n) is 2.73. The summed E-state index contributed by atoms with van der Waals surface area (Å²) in [5.74, 6) is -0.825. The second-order valence-electron chi connectivity index (χ2n) is 6.22. The molecule has 0 saturated carbocycles. The number of hydrogen-bond acceptors (Lipinski definition) is 8. The predicted molar refractivity (Wildman–Crippen MR) is 102 cm³/mol. The van der Waals surface area contributed by atoms with Gasteiger partial charge in [0.2, 0.25) is 6.79 Å². The molecule has 31 heavy (non-hydrogen) atoms. The van der Waals surface area contributed by atoms with Crippen LogP contribution in [0.5, 0.6) is 11.5 Å². The Bertz CT molecular complexity index is 1070. The van der Waals surface area contributed by atoms with Crippen LogP contribution in [0.1, 0.15) is 24.5 Å². The van der Waals surface area contributed by atoms with Crippen molar-refractivity contribution in [3.63, 3.8) is 0 Å². The molecule has 2 aromatic rings. The molecule has 1 aliphatic rings. The van der Waals surface area contributed by atoms with E-state index in [1.807, 2.05) is 0 Å². The van der Waals surface area contributed by atoms with E-state index in [1.54, 1.807) is 13.0 Å². The first kappa shape index (κ1) is 22.4. The number of fused-ring (bicyclic) bond motifs is 1. The smallest absolute Gasteiger partial charge is 0.417 e. The van der Waals surface area contributed by atoms with Crippen molar-refractivity contribution in [1.29, 1.82) is 5.26 Å².